The molecule has 0 aromatic heterocycles. The molecule has 0 spiro atoms. The third-order valence-electron chi connectivity index (χ3n) is 4.06. The highest BCUT2D eigenvalue weighted by molar-refractivity contribution is 6.31. The van der Waals surface area contributed by atoms with Crippen molar-refractivity contribution < 1.29 is 5.21 Å². The van der Waals surface area contributed by atoms with Gasteiger partial charge in [0.2, 0.25) is 0 Å². The summed E-state index contributed by atoms with van der Waals surface area (Å²) in [5.74, 6) is 0.929. The van der Waals surface area contributed by atoms with Gasteiger partial charge in [-0.1, -0.05) is 16.8 Å². The molecule has 2 bridgehead atoms. The van der Waals surface area contributed by atoms with Crippen LogP contribution in [0.4, 0.5) is 5.69 Å². The van der Waals surface area contributed by atoms with E-state index < -0.39 is 0 Å². The van der Waals surface area contributed by atoms with Crippen LogP contribution in [-0.4, -0.2) is 23.6 Å². The van der Waals surface area contributed by atoms with Gasteiger partial charge in [-0.3, -0.25) is 0 Å². The monoisotopic (exact) mass is 265 g/mol. The first-order valence-corrected chi connectivity index (χ1v) is 6.61. The van der Waals surface area contributed by atoms with Crippen molar-refractivity contribution in [1.29, 1.82) is 0 Å². The summed E-state index contributed by atoms with van der Waals surface area (Å²) in [6, 6.07) is 6.08. The van der Waals surface area contributed by atoms with Gasteiger partial charge in [0.25, 0.3) is 0 Å². The van der Waals surface area contributed by atoms with Gasteiger partial charge in [-0.15, -0.1) is 0 Å². The van der Waals surface area contributed by atoms with E-state index in [9.17, 15) is 0 Å². The summed E-state index contributed by atoms with van der Waals surface area (Å²) < 4.78 is 0. The van der Waals surface area contributed by atoms with Crippen LogP contribution in [0.25, 0.3) is 0 Å². The van der Waals surface area contributed by atoms with Crippen LogP contribution >= 0.6 is 11.6 Å². The van der Waals surface area contributed by atoms with Gasteiger partial charge >= 0.3 is 0 Å². The molecule has 0 radical (unpaired) electrons. The lowest BCUT2D eigenvalue weighted by Gasteiger charge is -2.30. The van der Waals surface area contributed by atoms with E-state index in [1.807, 2.05) is 12.1 Å². The fourth-order valence-electron chi connectivity index (χ4n) is 3.23. The van der Waals surface area contributed by atoms with E-state index in [2.05, 4.69) is 10.1 Å². The highest BCUT2D eigenvalue weighted by Gasteiger charge is 2.38. The first-order valence-electron chi connectivity index (χ1n) is 6.23. The number of nitrogens with two attached hydrogens (primary N) is 1. The average Bonchev–Trinajstić information content (AvgIpc) is 3.00. The molecule has 1 aliphatic carbocycles. The fourth-order valence-corrected chi connectivity index (χ4v) is 3.40. The molecule has 1 aliphatic heterocycles. The van der Waals surface area contributed by atoms with Crippen molar-refractivity contribution in [2.24, 2.45) is 16.8 Å². The number of piperidine rings is 1. The number of hydrogen-bond donors (Lipinski definition) is 2. The van der Waals surface area contributed by atoms with Crippen LogP contribution in [0.15, 0.2) is 23.4 Å². The first-order chi connectivity index (χ1) is 8.69. The minimum Gasteiger partial charge on any atom is -0.409 e. The van der Waals surface area contributed by atoms with E-state index in [0.29, 0.717) is 11.1 Å². The van der Waals surface area contributed by atoms with Gasteiger partial charge < -0.3 is 15.8 Å². The molecule has 96 valence electrons. The number of halogens is 1. The van der Waals surface area contributed by atoms with Gasteiger partial charge in [0.05, 0.1) is 0 Å². The molecule has 1 saturated carbocycles. The quantitative estimate of drug-likeness (QED) is 0.374. The molecule has 1 saturated heterocycles. The first kappa shape index (κ1) is 11.7. The van der Waals surface area contributed by atoms with Crippen LogP contribution in [0.2, 0.25) is 5.02 Å². The molecular formula is C13H16ClN3O. The van der Waals surface area contributed by atoms with Gasteiger partial charge in [-0.25, -0.2) is 0 Å². The predicted octanol–water partition coefficient (Wildman–Crippen LogP) is 2.42. The van der Waals surface area contributed by atoms with Crippen LogP contribution < -0.4 is 10.6 Å². The van der Waals surface area contributed by atoms with E-state index >= 15 is 0 Å². The molecule has 2 atom stereocenters. The van der Waals surface area contributed by atoms with Crippen molar-refractivity contribution in [2.45, 2.75) is 25.3 Å². The number of anilines is 1. The fraction of sp³-hybridized carbons (Fsp3) is 0.462. The number of fused-ring (bicyclic) bond motifs is 2. The molecular weight excluding hydrogens is 250 g/mol. The summed E-state index contributed by atoms with van der Waals surface area (Å²) >= 11 is 6.08. The Balaban J connectivity index is 2.02. The highest BCUT2D eigenvalue weighted by atomic mass is 35.5. The molecule has 3 N–H and O–H groups in total. The van der Waals surface area contributed by atoms with Crippen LogP contribution in [0.3, 0.4) is 0 Å². The maximum absolute atomic E-state index is 8.87. The standard InChI is InChI=1S/C13H16ClN3O/c14-9-2-4-11(13(15)16-18)12(6-9)17-7-8-1-3-10(17)5-8/h2,4,6,8,10,18H,1,3,5,7H2,(H2,15,16). The van der Waals surface area contributed by atoms with Crippen LogP contribution in [-0.2, 0) is 0 Å². The highest BCUT2D eigenvalue weighted by Crippen LogP contribution is 2.41. The van der Waals surface area contributed by atoms with Gasteiger partial charge in [-0.05, 0) is 43.4 Å². The number of hydrogen-bond acceptors (Lipinski definition) is 3. The summed E-state index contributed by atoms with van der Waals surface area (Å²) in [4.78, 5) is 2.35. The zero-order valence-corrected chi connectivity index (χ0v) is 10.8. The number of benzene rings is 1. The molecule has 0 amide bonds. The van der Waals surface area contributed by atoms with E-state index in [1.54, 1.807) is 6.07 Å². The predicted molar refractivity (Wildman–Crippen MR) is 72.4 cm³/mol. The molecule has 4 nitrogen and oxygen atoms in total. The summed E-state index contributed by atoms with van der Waals surface area (Å²) in [5, 5.41) is 12.7. The molecule has 3 rings (SSSR count). The largest absolute Gasteiger partial charge is 0.409 e. The Hall–Kier alpha value is -1.42. The lowest BCUT2D eigenvalue weighted by molar-refractivity contribution is 0.318. The van der Waals surface area contributed by atoms with Crippen molar-refractivity contribution in [3.05, 3.63) is 28.8 Å². The minimum absolute atomic E-state index is 0.143. The van der Waals surface area contributed by atoms with E-state index in [1.165, 1.54) is 19.3 Å². The van der Waals surface area contributed by atoms with Crippen LogP contribution in [0, 0.1) is 5.92 Å². The normalized spacial score (nSPS) is 26.9. The second-order valence-corrected chi connectivity index (χ2v) is 5.57. The number of rotatable bonds is 2. The Labute approximate surface area is 111 Å². The second kappa shape index (κ2) is 4.35. The van der Waals surface area contributed by atoms with E-state index in [0.717, 1.165) is 23.7 Å². The molecule has 2 fully saturated rings. The Bertz CT molecular complexity index is 503. The Kier molecular flexibility index (Phi) is 2.82. The van der Waals surface area contributed by atoms with Crippen molar-refractivity contribution >= 4 is 23.1 Å². The minimum atomic E-state index is 0.143. The topological polar surface area (TPSA) is 61.9 Å². The number of oxime groups is 1. The molecule has 1 heterocycles. The average molecular weight is 266 g/mol. The summed E-state index contributed by atoms with van der Waals surface area (Å²) in [6.07, 6.45) is 3.80. The Morgan fingerprint density at radius 2 is 2.28 bits per heavy atom. The Morgan fingerprint density at radius 1 is 1.44 bits per heavy atom. The maximum atomic E-state index is 8.87. The molecule has 2 unspecified atom stereocenters. The molecule has 1 aromatic rings. The third kappa shape index (κ3) is 1.81. The van der Waals surface area contributed by atoms with Gasteiger partial charge in [0, 0.05) is 28.9 Å². The summed E-state index contributed by atoms with van der Waals surface area (Å²) in [6.45, 7) is 1.05. The van der Waals surface area contributed by atoms with Crippen LogP contribution in [0.5, 0.6) is 0 Å². The number of nitrogens with zero attached hydrogens (tertiary/aromatic N) is 2. The van der Waals surface area contributed by atoms with Gasteiger partial charge in [0.1, 0.15) is 0 Å². The van der Waals surface area contributed by atoms with Crippen molar-refractivity contribution in [3.63, 3.8) is 0 Å². The van der Waals surface area contributed by atoms with Crippen LogP contribution in [0.1, 0.15) is 24.8 Å². The number of amidine groups is 1. The van der Waals surface area contributed by atoms with Gasteiger partial charge in [-0.2, -0.15) is 0 Å². The van der Waals surface area contributed by atoms with Crippen molar-refractivity contribution in [1.82, 2.24) is 0 Å². The Morgan fingerprint density at radius 3 is 2.89 bits per heavy atom. The molecule has 18 heavy (non-hydrogen) atoms. The lowest BCUT2D eigenvalue weighted by atomic mass is 10.1. The third-order valence-corrected chi connectivity index (χ3v) is 4.30. The molecule has 2 aliphatic rings. The second-order valence-electron chi connectivity index (χ2n) is 5.13. The zero-order chi connectivity index (χ0) is 12.7. The summed E-state index contributed by atoms with van der Waals surface area (Å²) in [5.41, 5.74) is 7.49. The molecule has 1 aromatic carbocycles. The van der Waals surface area contributed by atoms with Crippen molar-refractivity contribution in [3.8, 4) is 0 Å². The molecule has 5 heteroatoms. The van der Waals surface area contributed by atoms with E-state index in [4.69, 9.17) is 22.5 Å². The summed E-state index contributed by atoms with van der Waals surface area (Å²) in [7, 11) is 0. The van der Waals surface area contributed by atoms with E-state index in [-0.39, 0.29) is 5.84 Å². The zero-order valence-electron chi connectivity index (χ0n) is 10.0. The van der Waals surface area contributed by atoms with Gasteiger partial charge in [0.15, 0.2) is 5.84 Å². The smallest absolute Gasteiger partial charge is 0.172 e. The maximum Gasteiger partial charge on any atom is 0.172 e. The SMILES string of the molecule is NC(=NO)c1ccc(Cl)cc1N1CC2CCC1C2. The lowest BCUT2D eigenvalue weighted by Crippen LogP contribution is -2.33. The van der Waals surface area contributed by atoms with Crippen molar-refractivity contribution in [2.75, 3.05) is 11.4 Å².